The quantitative estimate of drug-likeness (QED) is 0.268. The van der Waals surface area contributed by atoms with E-state index in [2.05, 4.69) is 0 Å². The second-order valence-corrected chi connectivity index (χ2v) is 18.2. The van der Waals surface area contributed by atoms with Crippen molar-refractivity contribution >= 4 is 51.2 Å². The first-order chi connectivity index (χ1) is 12.7. The third-order valence-corrected chi connectivity index (χ3v) is 18.2. The first kappa shape index (κ1) is 25.3. The number of esters is 1. The molecule has 0 unspecified atom stereocenters. The fourth-order valence-electron chi connectivity index (χ4n) is 2.63. The van der Waals surface area contributed by atoms with E-state index in [0.29, 0.717) is 25.1 Å². The zero-order chi connectivity index (χ0) is 20.5. The van der Waals surface area contributed by atoms with Crippen LogP contribution in [0.25, 0.3) is 0 Å². The molecule has 1 rings (SSSR count). The number of hydrogen-bond acceptors (Lipinski definition) is 9. The minimum atomic E-state index is -2.62. The normalized spacial score (nSPS) is 20.3. The molecular weight excluding hydrogens is 441 g/mol. The standard InChI is InChI=1S/C13H31O9Si5/c1-15-27(16-2,17-3)11-8-10-18-13(14)9-12-26(7)21-24(5)19-23(4)20-25(6)22-26/h8-12H2,1-7H3. The van der Waals surface area contributed by atoms with Gasteiger partial charge in [-0.05, 0) is 32.6 Å². The van der Waals surface area contributed by atoms with Crippen LogP contribution in [0, 0.1) is 0 Å². The topological polar surface area (TPSA) is 90.9 Å². The van der Waals surface area contributed by atoms with Gasteiger partial charge in [0.25, 0.3) is 0 Å². The Morgan fingerprint density at radius 1 is 0.963 bits per heavy atom. The number of carbonyl (C=O) groups is 1. The fourth-order valence-corrected chi connectivity index (χ4v) is 16.1. The van der Waals surface area contributed by atoms with Gasteiger partial charge in [0.2, 0.25) is 0 Å². The molecule has 0 aromatic rings. The number of carbonyl (C=O) groups excluding carboxylic acids is 1. The van der Waals surface area contributed by atoms with E-state index in [0.717, 1.165) is 0 Å². The molecule has 157 valence electrons. The summed E-state index contributed by atoms with van der Waals surface area (Å²) in [6.07, 6.45) is 0.862. The highest BCUT2D eigenvalue weighted by atomic mass is 28.5. The summed E-state index contributed by atoms with van der Waals surface area (Å²) >= 11 is 0. The maximum Gasteiger partial charge on any atom is 0.500 e. The highest BCUT2D eigenvalue weighted by Gasteiger charge is 2.41. The van der Waals surface area contributed by atoms with E-state index in [-0.39, 0.29) is 12.4 Å². The Labute approximate surface area is 169 Å². The highest BCUT2D eigenvalue weighted by Crippen LogP contribution is 2.22. The van der Waals surface area contributed by atoms with Crippen LogP contribution in [-0.4, -0.2) is 79.1 Å². The largest absolute Gasteiger partial charge is 0.500 e. The van der Waals surface area contributed by atoms with Crippen molar-refractivity contribution in [3.8, 4) is 0 Å². The Balaban J connectivity index is 2.39. The summed E-state index contributed by atoms with van der Waals surface area (Å²) in [4.78, 5) is 12.1. The highest BCUT2D eigenvalue weighted by molar-refractivity contribution is 6.81. The maximum atomic E-state index is 12.1. The summed E-state index contributed by atoms with van der Waals surface area (Å²) < 4.78 is 45.1. The van der Waals surface area contributed by atoms with Gasteiger partial charge in [-0.2, -0.15) is 0 Å². The van der Waals surface area contributed by atoms with Crippen LogP contribution in [0.1, 0.15) is 12.8 Å². The van der Waals surface area contributed by atoms with Crippen molar-refractivity contribution in [3.63, 3.8) is 0 Å². The van der Waals surface area contributed by atoms with E-state index in [1.54, 1.807) is 21.3 Å². The summed E-state index contributed by atoms with van der Waals surface area (Å²) in [6.45, 7) is 8.05. The van der Waals surface area contributed by atoms with E-state index in [1.807, 2.05) is 26.2 Å². The third-order valence-electron chi connectivity index (χ3n) is 3.90. The summed E-state index contributed by atoms with van der Waals surface area (Å²) in [7, 11) is -4.65. The molecule has 0 aliphatic carbocycles. The Kier molecular flexibility index (Phi) is 11.3. The maximum absolute atomic E-state index is 12.1. The van der Waals surface area contributed by atoms with E-state index in [4.69, 9.17) is 34.5 Å². The molecule has 1 aliphatic heterocycles. The molecule has 1 saturated heterocycles. The predicted molar refractivity (Wildman–Crippen MR) is 107 cm³/mol. The number of rotatable bonds is 10. The Morgan fingerprint density at radius 3 is 1.96 bits per heavy atom. The van der Waals surface area contributed by atoms with E-state index >= 15 is 0 Å². The van der Waals surface area contributed by atoms with E-state index < -0.39 is 45.2 Å². The predicted octanol–water partition coefficient (Wildman–Crippen LogP) is 1.69. The zero-order valence-electron chi connectivity index (χ0n) is 17.2. The average molecular weight is 472 g/mol. The van der Waals surface area contributed by atoms with Gasteiger partial charge in [-0.15, -0.1) is 0 Å². The molecule has 0 N–H and O–H groups in total. The van der Waals surface area contributed by atoms with E-state index in [9.17, 15) is 4.79 Å². The molecule has 1 aliphatic rings. The third kappa shape index (κ3) is 9.09. The van der Waals surface area contributed by atoms with Gasteiger partial charge in [0.05, 0.1) is 6.61 Å². The van der Waals surface area contributed by atoms with Gasteiger partial charge in [0.15, 0.2) is 0 Å². The van der Waals surface area contributed by atoms with E-state index in [1.165, 1.54) is 0 Å². The molecule has 0 amide bonds. The van der Waals surface area contributed by atoms with Gasteiger partial charge in [0, 0.05) is 39.8 Å². The lowest BCUT2D eigenvalue weighted by molar-refractivity contribution is -0.143. The van der Waals surface area contributed by atoms with Gasteiger partial charge >= 0.3 is 51.2 Å². The van der Waals surface area contributed by atoms with Crippen LogP contribution in [0.5, 0.6) is 0 Å². The first-order valence-electron chi connectivity index (χ1n) is 8.73. The van der Waals surface area contributed by atoms with Gasteiger partial charge in [-0.25, -0.2) is 0 Å². The van der Waals surface area contributed by atoms with Crippen molar-refractivity contribution < 1.29 is 39.3 Å². The molecular formula is C13H31O9Si5. The van der Waals surface area contributed by atoms with Gasteiger partial charge in [0.1, 0.15) is 0 Å². The number of ether oxygens (including phenoxy) is 1. The Morgan fingerprint density at radius 2 is 1.48 bits per heavy atom. The smallest absolute Gasteiger partial charge is 0.466 e. The van der Waals surface area contributed by atoms with Gasteiger partial charge in [-0.1, -0.05) is 0 Å². The molecule has 1 heterocycles. The summed E-state index contributed by atoms with van der Waals surface area (Å²) in [5.74, 6) is -0.269. The molecule has 0 atom stereocenters. The molecule has 0 bridgehead atoms. The average Bonchev–Trinajstić information content (AvgIpc) is 2.59. The SMILES string of the molecule is CO[Si](CCCOC(=O)CC[Si]1(C)O[Si](C)O[Si](C)O[Si](C)O1)(OC)OC. The fraction of sp³-hybridized carbons (Fsp3) is 0.923. The molecule has 3 radical (unpaired) electrons. The lowest BCUT2D eigenvalue weighted by atomic mass is 10.5. The lowest BCUT2D eigenvalue weighted by Gasteiger charge is -2.35. The van der Waals surface area contributed by atoms with Gasteiger partial charge in [-0.3, -0.25) is 4.79 Å². The molecule has 27 heavy (non-hydrogen) atoms. The van der Waals surface area contributed by atoms with Crippen molar-refractivity contribution in [3.05, 3.63) is 0 Å². The van der Waals surface area contributed by atoms with Crippen LogP contribution < -0.4 is 0 Å². The van der Waals surface area contributed by atoms with Crippen molar-refractivity contribution in [2.75, 3.05) is 27.9 Å². The van der Waals surface area contributed by atoms with Crippen LogP contribution in [0.2, 0.25) is 38.3 Å². The number of hydrogen-bond donors (Lipinski definition) is 0. The molecule has 0 saturated carbocycles. The summed E-state index contributed by atoms with van der Waals surface area (Å²) in [5, 5.41) is 0. The van der Waals surface area contributed by atoms with Crippen LogP contribution in [0.4, 0.5) is 0 Å². The van der Waals surface area contributed by atoms with Crippen LogP contribution >= 0.6 is 0 Å². The minimum Gasteiger partial charge on any atom is -0.466 e. The minimum absolute atomic E-state index is 0.248. The molecule has 0 spiro atoms. The first-order valence-corrected chi connectivity index (χ1v) is 18.6. The van der Waals surface area contributed by atoms with Crippen LogP contribution in [0.15, 0.2) is 0 Å². The second kappa shape index (κ2) is 12.1. The van der Waals surface area contributed by atoms with Crippen molar-refractivity contribution in [1.29, 1.82) is 0 Å². The monoisotopic (exact) mass is 471 g/mol. The molecule has 14 heteroatoms. The molecule has 9 nitrogen and oxygen atoms in total. The lowest BCUT2D eigenvalue weighted by Crippen LogP contribution is -2.53. The van der Waals surface area contributed by atoms with Crippen LogP contribution in [0.3, 0.4) is 0 Å². The summed E-state index contributed by atoms with van der Waals surface area (Å²) in [6, 6.07) is 1.10. The molecule has 0 aromatic heterocycles. The van der Waals surface area contributed by atoms with Crippen molar-refractivity contribution in [2.45, 2.75) is 51.1 Å². The summed E-state index contributed by atoms with van der Waals surface area (Å²) in [5.41, 5.74) is 0. The van der Waals surface area contributed by atoms with Crippen molar-refractivity contribution in [1.82, 2.24) is 0 Å². The molecule has 1 fully saturated rings. The van der Waals surface area contributed by atoms with Crippen LogP contribution in [-0.2, 0) is 39.3 Å². The molecule has 0 aromatic carbocycles. The van der Waals surface area contributed by atoms with Gasteiger partial charge < -0.3 is 34.5 Å². The Hall–Kier alpha value is 0.274. The zero-order valence-corrected chi connectivity index (χ0v) is 22.2. The second-order valence-electron chi connectivity index (χ2n) is 6.14. The Bertz CT molecular complexity index is 432. The van der Waals surface area contributed by atoms with Crippen molar-refractivity contribution in [2.24, 2.45) is 0 Å².